The third-order valence-electron chi connectivity index (χ3n) is 2.18. The zero-order valence-electron chi connectivity index (χ0n) is 9.31. The molecule has 0 aromatic heterocycles. The van der Waals surface area contributed by atoms with Crippen molar-refractivity contribution in [3.63, 3.8) is 0 Å². The van der Waals surface area contributed by atoms with E-state index in [9.17, 15) is 4.79 Å². The number of allylic oxidation sites excluding steroid dienone is 1. The Morgan fingerprint density at radius 2 is 2.14 bits per heavy atom. The smallest absolute Gasteiger partial charge is 0.236 e. The highest BCUT2D eigenvalue weighted by Gasteiger charge is 2.08. The molecule has 3 heteroatoms. The van der Waals surface area contributed by atoms with Crippen molar-refractivity contribution in [1.29, 1.82) is 0 Å². The van der Waals surface area contributed by atoms with Crippen molar-refractivity contribution in [1.82, 2.24) is 10.6 Å². The zero-order chi connectivity index (χ0) is 10.8. The van der Waals surface area contributed by atoms with Crippen molar-refractivity contribution in [2.45, 2.75) is 38.6 Å². The maximum absolute atomic E-state index is 11.1. The van der Waals surface area contributed by atoms with Gasteiger partial charge in [-0.05, 0) is 32.7 Å². The molecule has 14 heavy (non-hydrogen) atoms. The summed E-state index contributed by atoms with van der Waals surface area (Å²) in [7, 11) is 1.66. The van der Waals surface area contributed by atoms with Gasteiger partial charge in [0.25, 0.3) is 0 Å². The van der Waals surface area contributed by atoms with E-state index in [1.807, 2.05) is 13.0 Å². The summed E-state index contributed by atoms with van der Waals surface area (Å²) in [5.41, 5.74) is 0. The van der Waals surface area contributed by atoms with Crippen LogP contribution in [-0.2, 0) is 4.79 Å². The van der Waals surface area contributed by atoms with E-state index in [-0.39, 0.29) is 11.9 Å². The Morgan fingerprint density at radius 1 is 1.43 bits per heavy atom. The molecule has 82 valence electrons. The summed E-state index contributed by atoms with van der Waals surface area (Å²) in [5, 5.41) is 5.78. The van der Waals surface area contributed by atoms with Crippen molar-refractivity contribution < 1.29 is 4.79 Å². The monoisotopic (exact) mass is 198 g/mol. The molecule has 2 N–H and O–H groups in total. The number of likely N-dealkylation sites (N-methyl/N-ethyl adjacent to an activating group) is 1. The van der Waals surface area contributed by atoms with Gasteiger partial charge >= 0.3 is 0 Å². The fraction of sp³-hybridized carbons (Fsp3) is 0.727. The van der Waals surface area contributed by atoms with Crippen molar-refractivity contribution in [2.24, 2.45) is 0 Å². The van der Waals surface area contributed by atoms with Gasteiger partial charge in [0.05, 0.1) is 6.04 Å². The van der Waals surface area contributed by atoms with E-state index in [0.29, 0.717) is 0 Å². The molecule has 0 aliphatic carbocycles. The molecule has 3 nitrogen and oxygen atoms in total. The minimum Gasteiger partial charge on any atom is -0.358 e. The van der Waals surface area contributed by atoms with E-state index in [4.69, 9.17) is 0 Å². The molecule has 0 heterocycles. The third kappa shape index (κ3) is 6.66. The molecule has 0 aromatic rings. The minimum atomic E-state index is -0.0839. The van der Waals surface area contributed by atoms with E-state index >= 15 is 0 Å². The molecule has 0 bridgehead atoms. The second-order valence-electron chi connectivity index (χ2n) is 3.43. The van der Waals surface area contributed by atoms with E-state index in [0.717, 1.165) is 19.4 Å². The van der Waals surface area contributed by atoms with Crippen LogP contribution in [0.5, 0.6) is 0 Å². The fourth-order valence-corrected chi connectivity index (χ4v) is 1.22. The predicted octanol–water partition coefficient (Wildman–Crippen LogP) is 1.46. The molecular formula is C11H22N2O. The number of nitrogens with one attached hydrogen (secondary N) is 2. The first-order valence-corrected chi connectivity index (χ1v) is 5.28. The molecule has 1 unspecified atom stereocenters. The van der Waals surface area contributed by atoms with Gasteiger partial charge in [0.2, 0.25) is 5.91 Å². The first-order valence-electron chi connectivity index (χ1n) is 5.28. The summed E-state index contributed by atoms with van der Waals surface area (Å²) >= 11 is 0. The largest absolute Gasteiger partial charge is 0.358 e. The molecule has 1 atom stereocenters. The van der Waals surface area contributed by atoms with Gasteiger partial charge in [-0.3, -0.25) is 4.79 Å². The second kappa shape index (κ2) is 8.75. The molecule has 0 aliphatic rings. The Morgan fingerprint density at radius 3 is 2.71 bits per heavy atom. The van der Waals surface area contributed by atoms with Crippen LogP contribution in [0.3, 0.4) is 0 Å². The molecule has 0 aliphatic heterocycles. The van der Waals surface area contributed by atoms with Crippen LogP contribution in [0, 0.1) is 0 Å². The van der Waals surface area contributed by atoms with Crippen molar-refractivity contribution in [3.8, 4) is 0 Å². The Labute approximate surface area is 87.0 Å². The number of rotatable bonds is 8. The quantitative estimate of drug-likeness (QED) is 0.458. The number of hydrogen-bond donors (Lipinski definition) is 2. The number of carbonyl (C=O) groups is 1. The summed E-state index contributed by atoms with van der Waals surface area (Å²) in [6.07, 6.45) is 6.54. The summed E-state index contributed by atoms with van der Waals surface area (Å²) in [6, 6.07) is -0.0839. The normalized spacial score (nSPS) is 12.1. The fourth-order valence-electron chi connectivity index (χ4n) is 1.22. The van der Waals surface area contributed by atoms with Crippen LogP contribution in [0.15, 0.2) is 12.7 Å². The SMILES string of the molecule is C=CCCCCCNC(C)C(=O)NC. The highest BCUT2D eigenvalue weighted by molar-refractivity contribution is 5.80. The number of hydrogen-bond acceptors (Lipinski definition) is 2. The Hall–Kier alpha value is -0.830. The number of unbranched alkanes of at least 4 members (excludes halogenated alkanes) is 3. The van der Waals surface area contributed by atoms with Gasteiger partial charge in [-0.15, -0.1) is 6.58 Å². The summed E-state index contributed by atoms with van der Waals surface area (Å²) < 4.78 is 0. The highest BCUT2D eigenvalue weighted by atomic mass is 16.2. The molecular weight excluding hydrogens is 176 g/mol. The van der Waals surface area contributed by atoms with Crippen molar-refractivity contribution >= 4 is 5.91 Å². The summed E-state index contributed by atoms with van der Waals surface area (Å²) in [4.78, 5) is 11.1. The molecule has 0 spiro atoms. The zero-order valence-corrected chi connectivity index (χ0v) is 9.31. The average molecular weight is 198 g/mol. The van der Waals surface area contributed by atoms with Gasteiger partial charge in [-0.1, -0.05) is 12.5 Å². The van der Waals surface area contributed by atoms with Crippen LogP contribution in [0.2, 0.25) is 0 Å². The van der Waals surface area contributed by atoms with E-state index in [2.05, 4.69) is 17.2 Å². The van der Waals surface area contributed by atoms with Crippen LogP contribution in [0.1, 0.15) is 32.6 Å². The Kier molecular flexibility index (Phi) is 8.24. The van der Waals surface area contributed by atoms with Crippen LogP contribution in [-0.4, -0.2) is 25.5 Å². The third-order valence-corrected chi connectivity index (χ3v) is 2.18. The van der Waals surface area contributed by atoms with Crippen LogP contribution in [0.4, 0.5) is 0 Å². The maximum atomic E-state index is 11.1. The molecule has 0 radical (unpaired) electrons. The van der Waals surface area contributed by atoms with Gasteiger partial charge in [0.15, 0.2) is 0 Å². The van der Waals surface area contributed by atoms with Gasteiger partial charge in [0, 0.05) is 7.05 Å². The van der Waals surface area contributed by atoms with Crippen molar-refractivity contribution in [2.75, 3.05) is 13.6 Å². The van der Waals surface area contributed by atoms with Crippen LogP contribution in [0.25, 0.3) is 0 Å². The van der Waals surface area contributed by atoms with E-state index < -0.39 is 0 Å². The van der Waals surface area contributed by atoms with Crippen LogP contribution >= 0.6 is 0 Å². The number of carbonyl (C=O) groups excluding carboxylic acids is 1. The van der Waals surface area contributed by atoms with Gasteiger partial charge in [0.1, 0.15) is 0 Å². The summed E-state index contributed by atoms with van der Waals surface area (Å²) in [5.74, 6) is 0.0519. The molecule has 1 amide bonds. The average Bonchev–Trinajstić information content (AvgIpc) is 2.21. The molecule has 0 saturated heterocycles. The lowest BCUT2D eigenvalue weighted by Gasteiger charge is -2.11. The Balaban J connectivity index is 3.27. The Bertz CT molecular complexity index is 169. The van der Waals surface area contributed by atoms with Crippen molar-refractivity contribution in [3.05, 3.63) is 12.7 Å². The highest BCUT2D eigenvalue weighted by Crippen LogP contribution is 1.98. The first kappa shape index (κ1) is 13.2. The molecule has 0 aromatic carbocycles. The lowest BCUT2D eigenvalue weighted by atomic mass is 10.2. The molecule has 0 saturated carbocycles. The standard InChI is InChI=1S/C11H22N2O/c1-4-5-6-7-8-9-13-10(2)11(14)12-3/h4,10,13H,1,5-9H2,2-3H3,(H,12,14). The van der Waals surface area contributed by atoms with Gasteiger partial charge in [-0.2, -0.15) is 0 Å². The van der Waals surface area contributed by atoms with E-state index in [1.54, 1.807) is 7.05 Å². The van der Waals surface area contributed by atoms with Gasteiger partial charge in [-0.25, -0.2) is 0 Å². The lowest BCUT2D eigenvalue weighted by molar-refractivity contribution is -0.122. The van der Waals surface area contributed by atoms with Crippen LogP contribution < -0.4 is 10.6 Å². The summed E-state index contributed by atoms with van der Waals surface area (Å²) in [6.45, 7) is 6.46. The first-order chi connectivity index (χ1) is 6.72. The predicted molar refractivity (Wildman–Crippen MR) is 60.2 cm³/mol. The second-order valence-corrected chi connectivity index (χ2v) is 3.43. The topological polar surface area (TPSA) is 41.1 Å². The molecule has 0 rings (SSSR count). The lowest BCUT2D eigenvalue weighted by Crippen LogP contribution is -2.40. The molecule has 0 fully saturated rings. The van der Waals surface area contributed by atoms with Gasteiger partial charge < -0.3 is 10.6 Å². The number of amides is 1. The van der Waals surface area contributed by atoms with E-state index in [1.165, 1.54) is 12.8 Å². The minimum absolute atomic E-state index is 0.0519. The maximum Gasteiger partial charge on any atom is 0.236 e.